The lowest BCUT2D eigenvalue weighted by Crippen LogP contribution is -2.59. The monoisotopic (exact) mass is 573 g/mol. The Hall–Kier alpha value is -3.21. The smallest absolute Gasteiger partial charge is 0.420 e. The summed E-state index contributed by atoms with van der Waals surface area (Å²) in [6.45, 7) is 2.10. The molecule has 2 saturated heterocycles. The minimum Gasteiger partial charge on any atom is -0.420 e. The van der Waals surface area contributed by atoms with Crippen LogP contribution in [0, 0.1) is 0 Å². The zero-order valence-corrected chi connectivity index (χ0v) is 22.3. The van der Waals surface area contributed by atoms with E-state index in [0.29, 0.717) is 65.7 Å². The van der Waals surface area contributed by atoms with Crippen LogP contribution in [0.1, 0.15) is 31.2 Å². The largest absolute Gasteiger partial charge is 0.491 e. The fraction of sp³-hybridized carbons (Fsp3) is 0.414. The van der Waals surface area contributed by atoms with Crippen LogP contribution in [0.25, 0.3) is 22.0 Å². The van der Waals surface area contributed by atoms with Gasteiger partial charge in [0.15, 0.2) is 0 Å². The number of benzene rings is 2. The molecule has 0 radical (unpaired) electrons. The summed E-state index contributed by atoms with van der Waals surface area (Å²) in [6, 6.07) is 12.4. The summed E-state index contributed by atoms with van der Waals surface area (Å²) in [5.41, 5.74) is 1.73. The van der Waals surface area contributed by atoms with E-state index in [-0.39, 0.29) is 24.8 Å². The average Bonchev–Trinajstić information content (AvgIpc) is 3.78. The van der Waals surface area contributed by atoms with E-state index in [1.165, 1.54) is 6.07 Å². The lowest BCUT2D eigenvalue weighted by Gasteiger charge is -2.47. The normalized spacial score (nSPS) is 19.8. The predicted octanol–water partition coefficient (Wildman–Crippen LogP) is 5.38. The number of hydrogen-bond donors (Lipinski definition) is 0. The van der Waals surface area contributed by atoms with E-state index >= 15 is 0 Å². The second kappa shape index (κ2) is 10.3. The number of pyridine rings is 1. The number of hydrogen-bond acceptors (Lipinski definition) is 6. The minimum atomic E-state index is -5.15. The van der Waals surface area contributed by atoms with Gasteiger partial charge in [-0.2, -0.15) is 13.2 Å². The molecule has 40 heavy (non-hydrogen) atoms. The Morgan fingerprint density at radius 1 is 1.15 bits per heavy atom. The third-order valence-electron chi connectivity index (χ3n) is 7.93. The predicted molar refractivity (Wildman–Crippen MR) is 142 cm³/mol. The standard InChI is InChI=1S/C29H27ClF3N3O4/c30-23-12-20(15-35-10-7-28(8-11-35)17-36(21-5-6-21)26(37)16-39-28)25(40-27(38)29(31,32)33)14-22(23)19-4-3-18-2-1-9-34-24(18)13-19/h1-4,9,12-14,21H,5-8,10-11,15-17H2. The van der Waals surface area contributed by atoms with Crippen LogP contribution in [0.4, 0.5) is 13.2 Å². The molecule has 3 aliphatic rings. The number of amides is 1. The average molecular weight is 574 g/mol. The van der Waals surface area contributed by atoms with Crippen LogP contribution in [-0.4, -0.2) is 70.7 Å². The fourth-order valence-corrected chi connectivity index (χ4v) is 5.84. The molecule has 1 saturated carbocycles. The molecule has 3 aromatic rings. The molecule has 1 amide bonds. The summed E-state index contributed by atoms with van der Waals surface area (Å²) in [4.78, 5) is 32.5. The van der Waals surface area contributed by atoms with Crippen LogP contribution in [0.15, 0.2) is 48.7 Å². The van der Waals surface area contributed by atoms with Gasteiger partial charge in [-0.25, -0.2) is 4.79 Å². The molecule has 2 aliphatic heterocycles. The van der Waals surface area contributed by atoms with Crippen molar-refractivity contribution < 1.29 is 32.2 Å². The summed E-state index contributed by atoms with van der Waals surface area (Å²) in [6.07, 6.45) is -0.0890. The van der Waals surface area contributed by atoms with E-state index in [1.54, 1.807) is 24.4 Å². The van der Waals surface area contributed by atoms with E-state index in [9.17, 15) is 22.8 Å². The zero-order valence-electron chi connectivity index (χ0n) is 21.5. The van der Waals surface area contributed by atoms with Crippen molar-refractivity contribution in [3.05, 3.63) is 59.2 Å². The second-order valence-corrected chi connectivity index (χ2v) is 11.1. The first-order valence-electron chi connectivity index (χ1n) is 13.2. The Morgan fingerprint density at radius 3 is 2.65 bits per heavy atom. The maximum Gasteiger partial charge on any atom is 0.491 e. The summed E-state index contributed by atoms with van der Waals surface area (Å²) in [5, 5.41) is 1.22. The molecule has 2 aromatic carbocycles. The van der Waals surface area contributed by atoms with Gasteiger partial charge in [0.25, 0.3) is 0 Å². The lowest BCUT2D eigenvalue weighted by molar-refractivity contribution is -0.189. The molecule has 3 fully saturated rings. The number of fused-ring (bicyclic) bond motifs is 1. The van der Waals surface area contributed by atoms with Crippen LogP contribution in [0.3, 0.4) is 0 Å². The third kappa shape index (κ3) is 5.53. The van der Waals surface area contributed by atoms with Crippen molar-refractivity contribution >= 4 is 34.4 Å². The molecule has 11 heteroatoms. The van der Waals surface area contributed by atoms with Crippen LogP contribution in [0.2, 0.25) is 5.02 Å². The molecule has 1 spiro atoms. The van der Waals surface area contributed by atoms with Crippen molar-refractivity contribution in [3.63, 3.8) is 0 Å². The Morgan fingerprint density at radius 2 is 1.93 bits per heavy atom. The van der Waals surface area contributed by atoms with E-state index in [1.807, 2.05) is 23.1 Å². The molecule has 0 unspecified atom stereocenters. The number of likely N-dealkylation sites (tertiary alicyclic amines) is 1. The van der Waals surface area contributed by atoms with Gasteiger partial charge in [0.1, 0.15) is 12.4 Å². The van der Waals surface area contributed by atoms with Gasteiger partial charge in [-0.3, -0.25) is 14.7 Å². The van der Waals surface area contributed by atoms with Gasteiger partial charge in [0.2, 0.25) is 5.91 Å². The van der Waals surface area contributed by atoms with E-state index in [0.717, 1.165) is 18.2 Å². The Labute approximate surface area is 233 Å². The highest BCUT2D eigenvalue weighted by atomic mass is 35.5. The number of piperidine rings is 1. The molecule has 7 nitrogen and oxygen atoms in total. The number of ether oxygens (including phenoxy) is 2. The molecule has 0 N–H and O–H groups in total. The quantitative estimate of drug-likeness (QED) is 0.302. The number of morpholine rings is 1. The third-order valence-corrected chi connectivity index (χ3v) is 8.24. The lowest BCUT2D eigenvalue weighted by atomic mass is 9.89. The van der Waals surface area contributed by atoms with Crippen molar-refractivity contribution in [2.45, 2.75) is 50.0 Å². The number of aromatic nitrogens is 1. The van der Waals surface area contributed by atoms with Gasteiger partial charge in [0, 0.05) is 53.4 Å². The van der Waals surface area contributed by atoms with Crippen molar-refractivity contribution in [3.8, 4) is 16.9 Å². The van der Waals surface area contributed by atoms with Crippen molar-refractivity contribution in [1.29, 1.82) is 0 Å². The molecular formula is C29H27ClF3N3O4. The number of halogens is 4. The molecule has 1 aliphatic carbocycles. The van der Waals surface area contributed by atoms with Gasteiger partial charge in [-0.1, -0.05) is 29.8 Å². The van der Waals surface area contributed by atoms with Gasteiger partial charge in [-0.15, -0.1) is 0 Å². The number of alkyl halides is 3. The zero-order chi connectivity index (χ0) is 28.1. The number of esters is 1. The molecular weight excluding hydrogens is 547 g/mol. The summed E-state index contributed by atoms with van der Waals surface area (Å²) < 4.78 is 50.4. The van der Waals surface area contributed by atoms with Crippen molar-refractivity contribution in [2.24, 2.45) is 0 Å². The highest BCUT2D eigenvalue weighted by Gasteiger charge is 2.46. The highest BCUT2D eigenvalue weighted by Crippen LogP contribution is 2.39. The Bertz CT molecular complexity index is 1470. The van der Waals surface area contributed by atoms with Crippen LogP contribution < -0.4 is 4.74 Å². The SMILES string of the molecule is O=C1COC2(CCN(Cc3cc(Cl)c(-c4ccc5cccnc5c4)cc3OC(=O)C(F)(F)F)CC2)CN1C1CC1. The van der Waals surface area contributed by atoms with Crippen LogP contribution in [0.5, 0.6) is 5.75 Å². The van der Waals surface area contributed by atoms with Crippen molar-refractivity contribution in [2.75, 3.05) is 26.2 Å². The van der Waals surface area contributed by atoms with E-state index in [4.69, 9.17) is 21.1 Å². The topological polar surface area (TPSA) is 72.0 Å². The van der Waals surface area contributed by atoms with Gasteiger partial charge >= 0.3 is 12.1 Å². The van der Waals surface area contributed by atoms with Crippen LogP contribution >= 0.6 is 11.6 Å². The summed E-state index contributed by atoms with van der Waals surface area (Å²) >= 11 is 6.65. The molecule has 1 aromatic heterocycles. The molecule has 0 atom stereocenters. The number of nitrogens with zero attached hydrogens (tertiary/aromatic N) is 3. The maximum absolute atomic E-state index is 13.2. The number of carbonyl (C=O) groups excluding carboxylic acids is 2. The maximum atomic E-state index is 13.2. The van der Waals surface area contributed by atoms with E-state index in [2.05, 4.69) is 9.88 Å². The van der Waals surface area contributed by atoms with Gasteiger partial charge < -0.3 is 14.4 Å². The molecule has 0 bridgehead atoms. The van der Waals surface area contributed by atoms with E-state index < -0.39 is 17.7 Å². The van der Waals surface area contributed by atoms with Crippen molar-refractivity contribution in [1.82, 2.24) is 14.8 Å². The second-order valence-electron chi connectivity index (χ2n) is 10.7. The van der Waals surface area contributed by atoms with Crippen LogP contribution in [-0.2, 0) is 20.9 Å². The Balaban J connectivity index is 1.24. The Kier molecular flexibility index (Phi) is 6.96. The molecule has 210 valence electrons. The number of carbonyl (C=O) groups is 2. The first-order valence-corrected chi connectivity index (χ1v) is 13.6. The minimum absolute atomic E-state index is 0.0311. The van der Waals surface area contributed by atoms with Gasteiger partial charge in [-0.05, 0) is 55.5 Å². The summed E-state index contributed by atoms with van der Waals surface area (Å²) in [7, 11) is 0. The van der Waals surface area contributed by atoms with Gasteiger partial charge in [0.05, 0.1) is 17.7 Å². The molecule has 6 rings (SSSR count). The first kappa shape index (κ1) is 27.0. The fourth-order valence-electron chi connectivity index (χ4n) is 5.55. The number of rotatable bonds is 5. The molecule has 3 heterocycles. The highest BCUT2D eigenvalue weighted by molar-refractivity contribution is 6.33. The summed E-state index contributed by atoms with van der Waals surface area (Å²) in [5.74, 6) is -2.45. The first-order chi connectivity index (χ1) is 19.1.